The van der Waals surface area contributed by atoms with E-state index in [4.69, 9.17) is 4.74 Å². The van der Waals surface area contributed by atoms with E-state index < -0.39 is 15.8 Å². The van der Waals surface area contributed by atoms with Crippen LogP contribution in [0.4, 0.5) is 5.69 Å². The van der Waals surface area contributed by atoms with E-state index in [1.165, 1.54) is 18.2 Å². The molecule has 0 saturated carbocycles. The molecular formula is C23H24N4O5S2. The Morgan fingerprint density at radius 3 is 2.62 bits per heavy atom. The zero-order valence-electron chi connectivity index (χ0n) is 18.5. The molecule has 34 heavy (non-hydrogen) atoms. The maximum Gasteiger partial charge on any atom is 0.338 e. The molecule has 3 aromatic rings. The highest BCUT2D eigenvalue weighted by atomic mass is 32.2. The summed E-state index contributed by atoms with van der Waals surface area (Å²) in [7, 11) is -3.61. The minimum absolute atomic E-state index is 0.00431. The predicted octanol–water partition coefficient (Wildman–Crippen LogP) is 3.35. The van der Waals surface area contributed by atoms with Gasteiger partial charge in [-0.2, -0.15) is 0 Å². The first-order valence-electron chi connectivity index (χ1n) is 10.3. The highest BCUT2D eigenvalue weighted by Gasteiger charge is 2.21. The molecule has 1 heterocycles. The van der Waals surface area contributed by atoms with Crippen LogP contribution in [0.3, 0.4) is 0 Å². The van der Waals surface area contributed by atoms with Crippen LogP contribution in [0.2, 0.25) is 0 Å². The first kappa shape index (κ1) is 25.2. The highest BCUT2D eigenvalue weighted by Crippen LogP contribution is 2.21. The van der Waals surface area contributed by atoms with Crippen molar-refractivity contribution in [3.05, 3.63) is 78.6 Å². The summed E-state index contributed by atoms with van der Waals surface area (Å²) in [6.07, 6.45) is 1.60. The summed E-state index contributed by atoms with van der Waals surface area (Å²) in [4.78, 5) is 24.5. The van der Waals surface area contributed by atoms with Crippen molar-refractivity contribution in [3.63, 3.8) is 0 Å². The molecule has 1 N–H and O–H groups in total. The van der Waals surface area contributed by atoms with Crippen molar-refractivity contribution in [3.8, 4) is 0 Å². The van der Waals surface area contributed by atoms with E-state index >= 15 is 0 Å². The number of sulfone groups is 1. The van der Waals surface area contributed by atoms with Crippen LogP contribution >= 0.6 is 11.8 Å². The lowest BCUT2D eigenvalue weighted by Gasteiger charge is -2.09. The van der Waals surface area contributed by atoms with E-state index in [2.05, 4.69) is 22.1 Å². The Bertz CT molecular complexity index is 1270. The van der Waals surface area contributed by atoms with Gasteiger partial charge in [-0.3, -0.25) is 4.79 Å². The van der Waals surface area contributed by atoms with Gasteiger partial charge in [0.15, 0.2) is 15.0 Å². The van der Waals surface area contributed by atoms with E-state index in [1.54, 1.807) is 54.0 Å². The molecule has 1 amide bonds. The number of anilines is 1. The average Bonchev–Trinajstić information content (AvgIpc) is 3.19. The Morgan fingerprint density at radius 2 is 1.91 bits per heavy atom. The fourth-order valence-corrected chi connectivity index (χ4v) is 5.05. The van der Waals surface area contributed by atoms with Gasteiger partial charge in [-0.15, -0.1) is 16.8 Å². The summed E-state index contributed by atoms with van der Waals surface area (Å²) >= 11 is 1.12. The first-order valence-corrected chi connectivity index (χ1v) is 13.0. The van der Waals surface area contributed by atoms with Crippen molar-refractivity contribution in [2.75, 3.05) is 17.7 Å². The van der Waals surface area contributed by atoms with Gasteiger partial charge in [-0.05, 0) is 37.3 Å². The van der Waals surface area contributed by atoms with Crippen molar-refractivity contribution in [2.45, 2.75) is 29.3 Å². The molecule has 11 heteroatoms. The van der Waals surface area contributed by atoms with Gasteiger partial charge in [0.05, 0.1) is 22.8 Å². The molecule has 0 aliphatic heterocycles. The second-order valence-corrected chi connectivity index (χ2v) is 9.94. The topological polar surface area (TPSA) is 120 Å². The largest absolute Gasteiger partial charge is 0.462 e. The number of thioether (sulfide) groups is 1. The Labute approximate surface area is 202 Å². The summed E-state index contributed by atoms with van der Waals surface area (Å²) < 4.78 is 32.1. The Balaban J connectivity index is 1.68. The van der Waals surface area contributed by atoms with Crippen LogP contribution in [0, 0.1) is 0 Å². The molecule has 2 aromatic carbocycles. The number of hydrogen-bond donors (Lipinski definition) is 1. The smallest absolute Gasteiger partial charge is 0.338 e. The molecule has 0 aliphatic carbocycles. The molecule has 0 saturated heterocycles. The summed E-state index contributed by atoms with van der Waals surface area (Å²) in [6.45, 7) is 5.97. The zero-order chi connectivity index (χ0) is 24.6. The normalized spacial score (nSPS) is 11.1. The van der Waals surface area contributed by atoms with Crippen molar-refractivity contribution >= 4 is 39.2 Å². The lowest BCUT2D eigenvalue weighted by Crippen LogP contribution is -2.16. The molecule has 0 unspecified atom stereocenters. The third-order valence-corrected chi connectivity index (χ3v) is 7.11. The minimum atomic E-state index is -3.61. The van der Waals surface area contributed by atoms with Gasteiger partial charge in [0.1, 0.15) is 11.6 Å². The van der Waals surface area contributed by atoms with Gasteiger partial charge in [0, 0.05) is 12.2 Å². The van der Waals surface area contributed by atoms with Crippen LogP contribution in [-0.4, -0.2) is 47.4 Å². The second-order valence-electron chi connectivity index (χ2n) is 7.01. The van der Waals surface area contributed by atoms with Crippen molar-refractivity contribution in [1.82, 2.24) is 14.8 Å². The van der Waals surface area contributed by atoms with Gasteiger partial charge < -0.3 is 14.6 Å². The number of nitrogens with zero attached hydrogens (tertiary/aromatic N) is 3. The lowest BCUT2D eigenvalue weighted by molar-refractivity contribution is -0.113. The molecule has 0 atom stereocenters. The third-order valence-electron chi connectivity index (χ3n) is 4.52. The number of aromatic nitrogens is 3. The Morgan fingerprint density at radius 1 is 1.15 bits per heavy atom. The van der Waals surface area contributed by atoms with Crippen LogP contribution in [0.15, 0.2) is 77.3 Å². The lowest BCUT2D eigenvalue weighted by atomic mass is 10.2. The Kier molecular flexibility index (Phi) is 8.61. The minimum Gasteiger partial charge on any atom is -0.462 e. The van der Waals surface area contributed by atoms with E-state index in [0.29, 0.717) is 16.4 Å². The number of allylic oxidation sites excluding steroid dienone is 1. The number of nitrogens with one attached hydrogen (secondary N) is 1. The van der Waals surface area contributed by atoms with Gasteiger partial charge in [-0.1, -0.05) is 42.1 Å². The van der Waals surface area contributed by atoms with Crippen LogP contribution in [0.5, 0.6) is 0 Å². The quantitative estimate of drug-likeness (QED) is 0.242. The number of carbonyl (C=O) groups excluding carboxylic acids is 2. The van der Waals surface area contributed by atoms with Gasteiger partial charge in [-0.25, -0.2) is 13.2 Å². The fraction of sp³-hybridized carbons (Fsp3) is 0.217. The van der Waals surface area contributed by atoms with E-state index in [1.807, 2.05) is 0 Å². The summed E-state index contributed by atoms with van der Waals surface area (Å²) in [6, 6.07) is 14.6. The second kappa shape index (κ2) is 11.6. The molecule has 9 nitrogen and oxygen atoms in total. The van der Waals surface area contributed by atoms with Crippen LogP contribution < -0.4 is 5.32 Å². The summed E-state index contributed by atoms with van der Waals surface area (Å²) in [5, 5.41) is 11.2. The summed E-state index contributed by atoms with van der Waals surface area (Å²) in [5.41, 5.74) is 0.792. The van der Waals surface area contributed by atoms with E-state index in [0.717, 1.165) is 11.8 Å². The first-order chi connectivity index (χ1) is 16.3. The zero-order valence-corrected chi connectivity index (χ0v) is 20.1. The number of rotatable bonds is 11. The monoisotopic (exact) mass is 500 g/mol. The number of carbonyl (C=O) groups is 2. The number of amides is 1. The molecule has 0 bridgehead atoms. The summed E-state index contributed by atoms with van der Waals surface area (Å²) in [5.74, 6) is -0.856. The van der Waals surface area contributed by atoms with E-state index in [9.17, 15) is 18.0 Å². The molecule has 1 aromatic heterocycles. The molecular weight excluding hydrogens is 476 g/mol. The van der Waals surface area contributed by atoms with Crippen LogP contribution in [0.25, 0.3) is 0 Å². The SMILES string of the molecule is C=CCn1c(CS(=O)(=O)c2ccccc2)nnc1SCC(=O)Nc1cccc(C(=O)OCC)c1. The molecule has 0 radical (unpaired) electrons. The van der Waals surface area contributed by atoms with Crippen molar-refractivity contribution in [2.24, 2.45) is 0 Å². The number of benzene rings is 2. The van der Waals surface area contributed by atoms with Crippen molar-refractivity contribution in [1.29, 1.82) is 0 Å². The molecule has 3 rings (SSSR count). The molecule has 0 spiro atoms. The van der Waals surface area contributed by atoms with Gasteiger partial charge >= 0.3 is 5.97 Å². The number of hydrogen-bond acceptors (Lipinski definition) is 8. The highest BCUT2D eigenvalue weighted by molar-refractivity contribution is 7.99. The standard InChI is InChI=1S/C23H24N4O5S2/c1-3-13-27-20(16-34(30,31)19-11-6-5-7-12-19)25-26-23(27)33-15-21(28)24-18-10-8-9-17(14-18)22(29)32-4-2/h3,5-12,14H,1,4,13,15-16H2,2H3,(H,24,28). The van der Waals surface area contributed by atoms with Crippen LogP contribution in [-0.2, 0) is 31.7 Å². The van der Waals surface area contributed by atoms with Crippen molar-refractivity contribution < 1.29 is 22.7 Å². The predicted molar refractivity (Wildman–Crippen MR) is 129 cm³/mol. The fourth-order valence-electron chi connectivity index (χ4n) is 2.99. The van der Waals surface area contributed by atoms with Crippen LogP contribution in [0.1, 0.15) is 23.1 Å². The third kappa shape index (κ3) is 6.55. The molecule has 0 fully saturated rings. The van der Waals surface area contributed by atoms with Gasteiger partial charge in [0.25, 0.3) is 0 Å². The maximum absolute atomic E-state index is 12.7. The average molecular weight is 501 g/mol. The number of ether oxygens (including phenoxy) is 1. The van der Waals surface area contributed by atoms with E-state index in [-0.39, 0.29) is 41.3 Å². The Hall–Kier alpha value is -3.44. The van der Waals surface area contributed by atoms with Gasteiger partial charge in [0.2, 0.25) is 5.91 Å². The molecule has 0 aliphatic rings. The maximum atomic E-state index is 12.7. The molecule has 178 valence electrons. The number of esters is 1.